The van der Waals surface area contributed by atoms with E-state index in [9.17, 15) is 9.59 Å². The molecule has 1 aliphatic rings. The van der Waals surface area contributed by atoms with Crippen molar-refractivity contribution in [3.63, 3.8) is 0 Å². The molecule has 7 nitrogen and oxygen atoms in total. The van der Waals surface area contributed by atoms with Gasteiger partial charge in [-0.15, -0.1) is 0 Å². The number of imide groups is 1. The van der Waals surface area contributed by atoms with Crippen molar-refractivity contribution >= 4 is 35.1 Å². The average molecular weight is 420 g/mol. The van der Waals surface area contributed by atoms with E-state index in [2.05, 4.69) is 10.3 Å². The molecule has 1 N–H and O–H groups in total. The number of halogens is 2. The third kappa shape index (κ3) is 2.96. The zero-order chi connectivity index (χ0) is 20.1. The van der Waals surface area contributed by atoms with E-state index in [1.54, 1.807) is 38.1 Å². The molecule has 1 atom stereocenters. The van der Waals surface area contributed by atoms with Crippen LogP contribution in [-0.2, 0) is 16.9 Å². The van der Waals surface area contributed by atoms with Gasteiger partial charge in [0.15, 0.2) is 5.76 Å². The van der Waals surface area contributed by atoms with Crippen LogP contribution in [0.3, 0.4) is 0 Å². The fraction of sp³-hybridized carbons (Fsp3) is 0.211. The van der Waals surface area contributed by atoms with Crippen LogP contribution in [0.1, 0.15) is 23.9 Å². The second kappa shape index (κ2) is 6.68. The zero-order valence-corrected chi connectivity index (χ0v) is 16.5. The highest BCUT2D eigenvalue weighted by Crippen LogP contribution is 2.35. The summed E-state index contributed by atoms with van der Waals surface area (Å²) >= 11 is 12.2. The van der Waals surface area contributed by atoms with Crippen molar-refractivity contribution in [2.24, 2.45) is 0 Å². The van der Waals surface area contributed by atoms with Crippen LogP contribution >= 0.6 is 23.2 Å². The molecule has 144 valence electrons. The monoisotopic (exact) mass is 419 g/mol. The van der Waals surface area contributed by atoms with Crippen LogP contribution in [0.25, 0.3) is 11.7 Å². The lowest BCUT2D eigenvalue weighted by molar-refractivity contribution is -0.131. The first-order valence-corrected chi connectivity index (χ1v) is 9.15. The molecule has 9 heteroatoms. The highest BCUT2D eigenvalue weighted by Gasteiger charge is 2.50. The number of aromatic nitrogens is 1. The van der Waals surface area contributed by atoms with E-state index in [4.69, 9.17) is 32.0 Å². The highest BCUT2D eigenvalue weighted by atomic mass is 35.5. The average Bonchev–Trinajstić information content (AvgIpc) is 3.32. The molecule has 4 rings (SSSR count). The number of nitrogens with one attached hydrogen (secondary N) is 1. The molecule has 0 radical (unpaired) electrons. The summed E-state index contributed by atoms with van der Waals surface area (Å²) in [7, 11) is 0. The maximum Gasteiger partial charge on any atom is 0.325 e. The number of aryl methyl sites for hydroxylation is 1. The lowest BCUT2D eigenvalue weighted by Crippen LogP contribution is -2.41. The first-order chi connectivity index (χ1) is 13.3. The van der Waals surface area contributed by atoms with Gasteiger partial charge in [-0.05, 0) is 38.1 Å². The van der Waals surface area contributed by atoms with Gasteiger partial charge in [-0.2, -0.15) is 0 Å². The van der Waals surface area contributed by atoms with E-state index in [1.807, 2.05) is 0 Å². The molecule has 3 amide bonds. The molecule has 1 fully saturated rings. The van der Waals surface area contributed by atoms with E-state index >= 15 is 0 Å². The molecule has 1 aliphatic heterocycles. The Bertz CT molecular complexity index is 1080. The van der Waals surface area contributed by atoms with Crippen molar-refractivity contribution in [2.75, 3.05) is 0 Å². The minimum Gasteiger partial charge on any atom is -0.459 e. The van der Waals surface area contributed by atoms with Crippen LogP contribution in [0.5, 0.6) is 0 Å². The van der Waals surface area contributed by atoms with Gasteiger partial charge in [0, 0.05) is 15.6 Å². The van der Waals surface area contributed by atoms with Crippen LogP contribution in [0.2, 0.25) is 10.0 Å². The fourth-order valence-corrected chi connectivity index (χ4v) is 3.75. The predicted octanol–water partition coefficient (Wildman–Crippen LogP) is 4.52. The Labute approximate surface area is 170 Å². The quantitative estimate of drug-likeness (QED) is 0.628. The number of rotatable bonds is 4. The van der Waals surface area contributed by atoms with E-state index in [0.717, 1.165) is 4.90 Å². The molecule has 1 unspecified atom stereocenters. The number of oxazole rings is 1. The second-order valence-electron chi connectivity index (χ2n) is 6.57. The summed E-state index contributed by atoms with van der Waals surface area (Å²) in [5, 5.41) is 3.45. The number of urea groups is 1. The third-order valence-electron chi connectivity index (χ3n) is 4.68. The number of amides is 3. The molecule has 0 spiro atoms. The van der Waals surface area contributed by atoms with Crippen LogP contribution in [0.15, 0.2) is 45.4 Å². The molecule has 2 aromatic heterocycles. The summed E-state index contributed by atoms with van der Waals surface area (Å²) in [4.78, 5) is 31.1. The Hall–Kier alpha value is -2.77. The predicted molar refractivity (Wildman–Crippen MR) is 102 cm³/mol. The maximum atomic E-state index is 13.1. The Morgan fingerprint density at radius 2 is 2.04 bits per heavy atom. The van der Waals surface area contributed by atoms with Gasteiger partial charge in [0.05, 0.1) is 12.8 Å². The number of hydrogen-bond donors (Lipinski definition) is 1. The van der Waals surface area contributed by atoms with Gasteiger partial charge < -0.3 is 14.2 Å². The smallest absolute Gasteiger partial charge is 0.325 e. The summed E-state index contributed by atoms with van der Waals surface area (Å²) in [6.45, 7) is 3.27. The topological polar surface area (TPSA) is 88.6 Å². The molecule has 0 bridgehead atoms. The van der Waals surface area contributed by atoms with Gasteiger partial charge in [0.2, 0.25) is 0 Å². The Morgan fingerprint density at radius 3 is 2.71 bits per heavy atom. The summed E-state index contributed by atoms with van der Waals surface area (Å²) in [6.07, 6.45) is 1.51. The van der Waals surface area contributed by atoms with E-state index in [0.29, 0.717) is 32.8 Å². The van der Waals surface area contributed by atoms with Crippen molar-refractivity contribution in [3.8, 4) is 11.7 Å². The first kappa shape index (κ1) is 18.6. The van der Waals surface area contributed by atoms with Crippen molar-refractivity contribution in [1.29, 1.82) is 0 Å². The maximum absolute atomic E-state index is 13.1. The van der Waals surface area contributed by atoms with Crippen LogP contribution < -0.4 is 5.32 Å². The fourth-order valence-electron chi connectivity index (χ4n) is 3.15. The van der Waals surface area contributed by atoms with Crippen molar-refractivity contribution in [3.05, 3.63) is 63.7 Å². The third-order valence-corrected chi connectivity index (χ3v) is 5.23. The van der Waals surface area contributed by atoms with Crippen LogP contribution in [0, 0.1) is 6.92 Å². The number of hydrogen-bond acceptors (Lipinski definition) is 5. The molecule has 0 aliphatic carbocycles. The summed E-state index contributed by atoms with van der Waals surface area (Å²) < 4.78 is 10.9. The van der Waals surface area contributed by atoms with Gasteiger partial charge >= 0.3 is 6.03 Å². The van der Waals surface area contributed by atoms with E-state index < -0.39 is 17.5 Å². The summed E-state index contributed by atoms with van der Waals surface area (Å²) in [5.74, 6) is 0.797. The van der Waals surface area contributed by atoms with Gasteiger partial charge in [0.25, 0.3) is 11.8 Å². The lowest BCUT2D eigenvalue weighted by atomic mass is 9.92. The van der Waals surface area contributed by atoms with Crippen LogP contribution in [-0.4, -0.2) is 21.8 Å². The van der Waals surface area contributed by atoms with Gasteiger partial charge in [-0.25, -0.2) is 9.78 Å². The number of benzene rings is 1. The normalized spacial score (nSPS) is 19.4. The van der Waals surface area contributed by atoms with Crippen LogP contribution in [0.4, 0.5) is 4.79 Å². The van der Waals surface area contributed by atoms with Crippen molar-refractivity contribution < 1.29 is 18.4 Å². The molecule has 1 saturated heterocycles. The van der Waals surface area contributed by atoms with E-state index in [1.165, 1.54) is 12.3 Å². The molecule has 0 saturated carbocycles. The molecular formula is C19H15Cl2N3O4. The Morgan fingerprint density at radius 1 is 1.25 bits per heavy atom. The van der Waals surface area contributed by atoms with E-state index in [-0.39, 0.29) is 12.4 Å². The molecule has 3 aromatic rings. The Balaban J connectivity index is 1.63. The number of carbonyl (C=O) groups excluding carboxylic acids is 2. The van der Waals surface area contributed by atoms with Crippen molar-refractivity contribution in [2.45, 2.75) is 25.9 Å². The summed E-state index contributed by atoms with van der Waals surface area (Å²) in [5.41, 5.74) is -0.380. The minimum absolute atomic E-state index is 0.0402. The van der Waals surface area contributed by atoms with Gasteiger partial charge in [-0.3, -0.25) is 9.69 Å². The van der Waals surface area contributed by atoms with Crippen molar-refractivity contribution in [1.82, 2.24) is 15.2 Å². The molecular weight excluding hydrogens is 405 g/mol. The summed E-state index contributed by atoms with van der Waals surface area (Å²) in [6, 6.07) is 7.66. The molecule has 3 heterocycles. The first-order valence-electron chi connectivity index (χ1n) is 8.39. The molecule has 1 aromatic carbocycles. The van der Waals surface area contributed by atoms with Gasteiger partial charge in [0.1, 0.15) is 17.0 Å². The number of nitrogens with zero attached hydrogens (tertiary/aromatic N) is 2. The lowest BCUT2D eigenvalue weighted by Gasteiger charge is -2.23. The molecule has 28 heavy (non-hydrogen) atoms. The Kier molecular flexibility index (Phi) is 4.44. The zero-order valence-electron chi connectivity index (χ0n) is 15.0. The standard InChI is InChI=1S/C19H15Cl2N3O4/c1-10-14(22-16(28-10)15-4-3-7-27-15)9-24-17(25)19(2,23-18(24)26)12-6-5-11(20)8-13(12)21/h3-8H,9H2,1-2H3,(H,23,26). The van der Waals surface area contributed by atoms with Gasteiger partial charge in [-0.1, -0.05) is 29.3 Å². The number of carbonyl (C=O) groups is 2. The number of furan rings is 1. The highest BCUT2D eigenvalue weighted by molar-refractivity contribution is 6.35. The second-order valence-corrected chi connectivity index (χ2v) is 7.41. The minimum atomic E-state index is -1.31. The SMILES string of the molecule is Cc1oc(-c2ccco2)nc1CN1C(=O)NC(C)(c2ccc(Cl)cc2Cl)C1=O. The largest absolute Gasteiger partial charge is 0.459 e.